The molecule has 0 radical (unpaired) electrons. The van der Waals surface area contributed by atoms with Gasteiger partial charge < -0.3 is 4.90 Å². The van der Waals surface area contributed by atoms with E-state index in [1.54, 1.807) is 21.1 Å². The molecular formula is C8H14N4O2S. The first-order valence-electron chi connectivity index (χ1n) is 4.49. The van der Waals surface area contributed by atoms with Gasteiger partial charge in [-0.25, -0.2) is 9.59 Å². The van der Waals surface area contributed by atoms with E-state index in [0.29, 0.717) is 5.16 Å². The maximum absolute atomic E-state index is 11.6. The van der Waals surface area contributed by atoms with E-state index >= 15 is 0 Å². The van der Waals surface area contributed by atoms with Gasteiger partial charge in [0, 0.05) is 21.1 Å². The minimum Gasteiger partial charge on any atom is -0.329 e. The first-order chi connectivity index (χ1) is 6.99. The molecule has 7 heteroatoms. The van der Waals surface area contributed by atoms with Crippen molar-refractivity contribution in [3.63, 3.8) is 0 Å². The summed E-state index contributed by atoms with van der Waals surface area (Å²) < 4.78 is 2.24. The van der Waals surface area contributed by atoms with Crippen molar-refractivity contribution in [3.05, 3.63) is 10.5 Å². The lowest BCUT2D eigenvalue weighted by atomic mass is 10.8. The number of rotatable bonds is 2. The van der Waals surface area contributed by atoms with Gasteiger partial charge in [0.25, 0.3) is 0 Å². The topological polar surface area (TPSA) is 60.1 Å². The zero-order valence-corrected chi connectivity index (χ0v) is 10.0. The number of hydrogen-bond donors (Lipinski definition) is 0. The van der Waals surface area contributed by atoms with Crippen molar-refractivity contribution in [2.24, 2.45) is 7.05 Å². The normalized spacial score (nSPS) is 10.4. The molecule has 1 aromatic rings. The summed E-state index contributed by atoms with van der Waals surface area (Å²) in [6.07, 6.45) is 0. The molecule has 6 nitrogen and oxygen atoms in total. The summed E-state index contributed by atoms with van der Waals surface area (Å²) in [4.78, 5) is 24.5. The first kappa shape index (κ1) is 11.8. The van der Waals surface area contributed by atoms with E-state index in [0.717, 1.165) is 10.4 Å². The average Bonchev–Trinajstić information content (AvgIpc) is 2.45. The van der Waals surface area contributed by atoms with Gasteiger partial charge in [-0.15, -0.1) is 9.78 Å². The molecule has 0 aliphatic rings. The Morgan fingerprint density at radius 3 is 2.60 bits per heavy atom. The van der Waals surface area contributed by atoms with Crippen LogP contribution in [0.1, 0.15) is 6.92 Å². The molecule has 1 amide bonds. The van der Waals surface area contributed by atoms with Gasteiger partial charge in [-0.05, 0) is 5.75 Å². The van der Waals surface area contributed by atoms with Gasteiger partial charge in [0.2, 0.25) is 0 Å². The molecule has 0 atom stereocenters. The maximum atomic E-state index is 11.6. The third-order valence-electron chi connectivity index (χ3n) is 1.78. The Morgan fingerprint density at radius 2 is 2.13 bits per heavy atom. The number of hydrogen-bond acceptors (Lipinski definition) is 4. The third kappa shape index (κ3) is 2.23. The summed E-state index contributed by atoms with van der Waals surface area (Å²) in [5.74, 6) is 0.806. The van der Waals surface area contributed by atoms with E-state index in [2.05, 4.69) is 5.10 Å². The fraction of sp³-hybridized carbons (Fsp3) is 0.625. The minimum atomic E-state index is -0.432. The number of carbonyl (C=O) groups excluding carboxylic acids is 1. The van der Waals surface area contributed by atoms with Crippen LogP contribution < -0.4 is 5.69 Å². The van der Waals surface area contributed by atoms with Crippen molar-refractivity contribution in [1.82, 2.24) is 19.2 Å². The standard InChI is InChI=1S/C8H14N4O2S/c1-5-15-6-9-12(7(13)10(2)3)8(14)11(6)4/h5H2,1-4H3. The Hall–Kier alpha value is -1.24. The summed E-state index contributed by atoms with van der Waals surface area (Å²) in [5.41, 5.74) is -0.412. The molecule has 0 saturated heterocycles. The van der Waals surface area contributed by atoms with E-state index in [1.165, 1.54) is 21.2 Å². The second-order valence-corrected chi connectivity index (χ2v) is 4.38. The monoisotopic (exact) mass is 230 g/mol. The van der Waals surface area contributed by atoms with Crippen LogP contribution in [0.4, 0.5) is 4.79 Å². The van der Waals surface area contributed by atoms with Crippen LogP contribution in [0.5, 0.6) is 0 Å². The van der Waals surface area contributed by atoms with Crippen LogP contribution in [0.15, 0.2) is 9.95 Å². The Bertz CT molecular complexity index is 421. The number of carbonyl (C=O) groups is 1. The molecule has 0 aromatic carbocycles. The van der Waals surface area contributed by atoms with Crippen LogP contribution in [-0.2, 0) is 7.05 Å². The van der Waals surface area contributed by atoms with Crippen LogP contribution in [-0.4, -0.2) is 45.1 Å². The molecule has 0 unspecified atom stereocenters. The SMILES string of the molecule is CCSc1nn(C(=O)N(C)C)c(=O)n1C. The maximum Gasteiger partial charge on any atom is 0.355 e. The molecule has 0 bridgehead atoms. The molecule has 0 saturated carbocycles. The summed E-state index contributed by atoms with van der Waals surface area (Å²) in [6, 6.07) is -0.432. The molecule has 0 aliphatic carbocycles. The van der Waals surface area contributed by atoms with Crippen molar-refractivity contribution >= 4 is 17.8 Å². The highest BCUT2D eigenvalue weighted by atomic mass is 32.2. The highest BCUT2D eigenvalue weighted by Crippen LogP contribution is 2.11. The largest absolute Gasteiger partial charge is 0.355 e. The Labute approximate surface area is 91.9 Å². The summed E-state index contributed by atoms with van der Waals surface area (Å²) in [6.45, 7) is 1.96. The molecule has 0 N–H and O–H groups in total. The summed E-state index contributed by atoms with van der Waals surface area (Å²) in [7, 11) is 4.76. The van der Waals surface area contributed by atoms with Gasteiger partial charge >= 0.3 is 11.7 Å². The van der Waals surface area contributed by atoms with Crippen molar-refractivity contribution in [1.29, 1.82) is 0 Å². The Kier molecular flexibility index (Phi) is 3.57. The molecule has 84 valence electrons. The molecule has 1 rings (SSSR count). The van der Waals surface area contributed by atoms with E-state index < -0.39 is 11.7 Å². The van der Waals surface area contributed by atoms with Gasteiger partial charge in [-0.3, -0.25) is 4.57 Å². The zero-order valence-electron chi connectivity index (χ0n) is 9.22. The predicted molar refractivity (Wildman–Crippen MR) is 58.3 cm³/mol. The third-order valence-corrected chi connectivity index (χ3v) is 2.68. The molecular weight excluding hydrogens is 216 g/mol. The number of thioether (sulfide) groups is 1. The first-order valence-corrected chi connectivity index (χ1v) is 5.48. The molecule has 0 aliphatic heterocycles. The number of nitrogens with zero attached hydrogens (tertiary/aromatic N) is 4. The summed E-state index contributed by atoms with van der Waals surface area (Å²) in [5, 5.41) is 4.51. The lowest BCUT2D eigenvalue weighted by Crippen LogP contribution is -2.36. The van der Waals surface area contributed by atoms with E-state index in [1.807, 2.05) is 6.92 Å². The van der Waals surface area contributed by atoms with Crippen LogP contribution >= 0.6 is 11.8 Å². The van der Waals surface area contributed by atoms with E-state index in [9.17, 15) is 9.59 Å². The van der Waals surface area contributed by atoms with Crippen LogP contribution in [0.3, 0.4) is 0 Å². The highest BCUT2D eigenvalue weighted by molar-refractivity contribution is 7.99. The van der Waals surface area contributed by atoms with Crippen molar-refractivity contribution in [3.8, 4) is 0 Å². The average molecular weight is 230 g/mol. The van der Waals surface area contributed by atoms with Gasteiger partial charge in [0.1, 0.15) is 0 Å². The second kappa shape index (κ2) is 4.52. The van der Waals surface area contributed by atoms with Gasteiger partial charge in [0.15, 0.2) is 5.16 Å². The van der Waals surface area contributed by atoms with Gasteiger partial charge in [-0.2, -0.15) is 0 Å². The van der Waals surface area contributed by atoms with Crippen molar-refractivity contribution in [2.75, 3.05) is 19.8 Å². The molecule has 15 heavy (non-hydrogen) atoms. The van der Waals surface area contributed by atoms with E-state index in [-0.39, 0.29) is 0 Å². The predicted octanol–water partition coefficient (Wildman–Crippen LogP) is 0.223. The smallest absolute Gasteiger partial charge is 0.329 e. The quantitative estimate of drug-likeness (QED) is 0.682. The fourth-order valence-electron chi connectivity index (χ4n) is 0.988. The number of amides is 1. The van der Waals surface area contributed by atoms with Crippen LogP contribution in [0, 0.1) is 0 Å². The van der Waals surface area contributed by atoms with Crippen LogP contribution in [0.2, 0.25) is 0 Å². The molecule has 1 aromatic heterocycles. The Morgan fingerprint density at radius 1 is 1.53 bits per heavy atom. The van der Waals surface area contributed by atoms with Gasteiger partial charge in [0.05, 0.1) is 0 Å². The lowest BCUT2D eigenvalue weighted by Gasteiger charge is -2.07. The van der Waals surface area contributed by atoms with Crippen molar-refractivity contribution in [2.45, 2.75) is 12.1 Å². The van der Waals surface area contributed by atoms with Crippen LogP contribution in [0.25, 0.3) is 0 Å². The molecule has 1 heterocycles. The Balaban J connectivity index is 3.16. The fourth-order valence-corrected chi connectivity index (χ4v) is 1.66. The minimum absolute atomic E-state index is 0.412. The summed E-state index contributed by atoms with van der Waals surface area (Å²) >= 11 is 1.43. The molecule has 0 spiro atoms. The number of aromatic nitrogens is 3. The lowest BCUT2D eigenvalue weighted by molar-refractivity contribution is 0.214. The second-order valence-electron chi connectivity index (χ2n) is 3.15. The van der Waals surface area contributed by atoms with Gasteiger partial charge in [-0.1, -0.05) is 18.7 Å². The van der Waals surface area contributed by atoms with E-state index in [4.69, 9.17) is 0 Å². The zero-order chi connectivity index (χ0) is 11.6. The highest BCUT2D eigenvalue weighted by Gasteiger charge is 2.16. The molecule has 0 fully saturated rings. The van der Waals surface area contributed by atoms with Crippen molar-refractivity contribution < 1.29 is 4.79 Å².